The van der Waals surface area contributed by atoms with Crippen LogP contribution in [0.25, 0.3) is 86.8 Å². The minimum absolute atomic E-state index is 0. The fourth-order valence-corrected chi connectivity index (χ4v) is 14.7. The minimum atomic E-state index is -0.145. The minimum Gasteiger partial charge on any atom is -0.256 e. The molecule has 0 radical (unpaired) electrons. The van der Waals surface area contributed by atoms with Crippen molar-refractivity contribution < 1.29 is 8.78 Å². The molecule has 0 atom stereocenters. The lowest BCUT2D eigenvalue weighted by Gasteiger charge is -2.21. The van der Waals surface area contributed by atoms with Gasteiger partial charge in [-0.3, -0.25) is 19.9 Å². The largest absolute Gasteiger partial charge is 0.256 e. The number of aryl methyl sites for hydroxylation is 1. The first-order valence-electron chi connectivity index (χ1n) is 41.0. The quantitative estimate of drug-likeness (QED) is 0.142. The van der Waals surface area contributed by atoms with Gasteiger partial charge in [0.25, 0.3) is 0 Å². The van der Waals surface area contributed by atoms with Gasteiger partial charge in [0.1, 0.15) is 16.8 Å². The molecule has 5 nitrogen and oxygen atoms in total. The smallest absolute Gasteiger partial charge is 0.134 e. The summed E-state index contributed by atoms with van der Waals surface area (Å²) < 4.78 is 27.7. The van der Waals surface area contributed by atoms with E-state index in [1.54, 1.807) is 6.07 Å². The molecule has 121 heavy (non-hydrogen) atoms. The number of rotatable bonds is 0. The molecule has 12 heteroatoms. The van der Waals surface area contributed by atoms with Crippen molar-refractivity contribution in [2.75, 3.05) is 0 Å². The highest BCUT2D eigenvalue weighted by atomic mass is 35.5. The van der Waals surface area contributed by atoms with Gasteiger partial charge in [0.15, 0.2) is 0 Å². The normalized spacial score (nSPS) is 11.9. The van der Waals surface area contributed by atoms with Gasteiger partial charge in [0.05, 0.1) is 37.6 Å². The second-order valence-corrected chi connectivity index (χ2v) is 41.0. The lowest BCUT2D eigenvalue weighted by atomic mass is 9.85. The van der Waals surface area contributed by atoms with Gasteiger partial charge in [0, 0.05) is 77.9 Å². The van der Waals surface area contributed by atoms with Gasteiger partial charge in [-0.15, -0.1) is 0 Å². The second-order valence-electron chi connectivity index (χ2n) is 39.0. The number of benzene rings is 11. The van der Waals surface area contributed by atoms with E-state index in [1.807, 2.05) is 185 Å². The first kappa shape index (κ1) is 97.0. The van der Waals surface area contributed by atoms with E-state index in [9.17, 15) is 8.78 Å². The van der Waals surface area contributed by atoms with Crippen molar-refractivity contribution in [2.45, 2.75) is 224 Å². The van der Waals surface area contributed by atoms with E-state index in [1.165, 1.54) is 55.8 Å². The summed E-state index contributed by atoms with van der Waals surface area (Å²) in [7, 11) is 0. The molecule has 0 saturated heterocycles. The van der Waals surface area contributed by atoms with Gasteiger partial charge < -0.3 is 0 Å². The zero-order valence-corrected chi connectivity index (χ0v) is 78.5. The van der Waals surface area contributed by atoms with Crippen LogP contribution in [0, 0.1) is 18.6 Å². The number of para-hydroxylation sites is 2. The Balaban J connectivity index is 0.000000172. The van der Waals surface area contributed by atoms with Gasteiger partial charge >= 0.3 is 0 Å². The van der Waals surface area contributed by atoms with Crippen molar-refractivity contribution in [2.24, 2.45) is 0 Å². The molecule has 0 saturated carbocycles. The predicted molar refractivity (Wildman–Crippen MR) is 527 cm³/mol. The van der Waals surface area contributed by atoms with E-state index < -0.39 is 0 Å². The van der Waals surface area contributed by atoms with Gasteiger partial charge in [-0.25, -0.2) is 13.8 Å². The molecular weight excluding hydrogens is 1590 g/mol. The SMILES string of the molecule is C.CC(C)(C)c1cc2ccccc2nc1Cl.CC(C)(C)c1ccc2cccc(F)c2c1.CC(C)(C)c1ccc2ccccc2c1Cl.CC(C)(C)c1ccc2ccccc2c1F.CC(C)(C)c1cnc2c(Cl)cccc2c1.CC(C)(C)c1cnc2ccc(Cl)cc2c1.CC(C)(C)c1cnc2cccc(Cl)c2c1.Cc1ccc2cc(C(C)(C)C)cnc2c1. The molecule has 5 heterocycles. The monoisotopic (exact) mass is 1710 g/mol. The first-order valence-corrected chi connectivity index (χ1v) is 42.9. The van der Waals surface area contributed by atoms with Crippen LogP contribution < -0.4 is 0 Å². The van der Waals surface area contributed by atoms with Crippen molar-refractivity contribution in [3.8, 4) is 0 Å². The topological polar surface area (TPSA) is 64.5 Å². The van der Waals surface area contributed by atoms with Crippen LogP contribution >= 0.6 is 58.0 Å². The molecule has 632 valence electrons. The van der Waals surface area contributed by atoms with Gasteiger partial charge in [-0.2, -0.15) is 0 Å². The van der Waals surface area contributed by atoms with E-state index in [0.29, 0.717) is 20.9 Å². The number of hydrogen-bond donors (Lipinski definition) is 0. The Labute approximate surface area is 745 Å². The van der Waals surface area contributed by atoms with E-state index >= 15 is 0 Å². The molecule has 0 aliphatic rings. The van der Waals surface area contributed by atoms with Crippen LogP contribution in [-0.4, -0.2) is 24.9 Å². The number of fused-ring (bicyclic) bond motifs is 8. The second kappa shape index (κ2) is 39.8. The standard InChI is InChI=1S/C14H15Cl.2C14H15F.C14H17N.4C13H14ClN.CH4/c1-14(2,3)12-9-8-10-6-4-5-7-11(10)13(12)15;1-14(2,3)11-8-7-10-5-4-6-13(15)12(10)9-11;1-14(2,3)12-9-8-10-6-4-5-7-11(10)13(12)15;1-10-5-6-11-8-12(14(2,3)4)9-15-13(11)7-10;1-13(2,3)10-6-9-7-11(14)4-5-12(9)15-8-10;1-13(2,3)9-7-10-11(14)5-4-6-12(10)15-8-9;1-13(2,3)10-7-9-5-4-6-11(14)12(9)15-8-10;1-13(2,3)10-8-9-6-4-5-7-11(9)15-12(10)14;/h3*4-9H,1-3H3;5-9H,1-4H3;4*4-8H,1-3H3;1H4. The molecule has 0 spiro atoms. The summed E-state index contributed by atoms with van der Waals surface area (Å²) in [5.74, 6) is -0.223. The third-order valence-electron chi connectivity index (χ3n) is 20.8. The molecule has 11 aromatic carbocycles. The number of pyridine rings is 5. The van der Waals surface area contributed by atoms with Crippen LogP contribution in [0.4, 0.5) is 8.78 Å². The summed E-state index contributed by atoms with van der Waals surface area (Å²) in [5, 5.41) is 15.1. The highest BCUT2D eigenvalue weighted by Gasteiger charge is 2.24. The zero-order valence-electron chi connectivity index (χ0n) is 74.7. The van der Waals surface area contributed by atoms with Crippen molar-refractivity contribution in [3.63, 3.8) is 0 Å². The number of nitrogens with zero attached hydrogens (tertiary/aromatic N) is 5. The molecule has 0 bridgehead atoms. The molecule has 0 amide bonds. The lowest BCUT2D eigenvalue weighted by molar-refractivity contribution is 0.529. The third-order valence-corrected chi connectivity index (χ3v) is 22.4. The summed E-state index contributed by atoms with van der Waals surface area (Å²) in [4.78, 5) is 22.2. The maximum absolute atomic E-state index is 14.2. The fourth-order valence-electron chi connectivity index (χ4n) is 13.2. The number of aromatic nitrogens is 5. The van der Waals surface area contributed by atoms with Crippen LogP contribution in [0.5, 0.6) is 0 Å². The number of halogens is 7. The average Bonchev–Trinajstić information content (AvgIpc) is 0.805. The number of hydrogen-bond acceptors (Lipinski definition) is 5. The first-order chi connectivity index (χ1) is 55.9. The van der Waals surface area contributed by atoms with E-state index in [2.05, 4.69) is 262 Å². The van der Waals surface area contributed by atoms with Crippen LogP contribution in [0.1, 0.15) is 224 Å². The maximum atomic E-state index is 14.2. The molecule has 16 rings (SSSR count). The summed E-state index contributed by atoms with van der Waals surface area (Å²) in [6.07, 6.45) is 7.77. The van der Waals surface area contributed by atoms with E-state index in [-0.39, 0.29) is 62.4 Å². The van der Waals surface area contributed by atoms with Crippen LogP contribution in [0.15, 0.2) is 261 Å². The van der Waals surface area contributed by atoms with E-state index in [4.69, 9.17) is 58.0 Å². The highest BCUT2D eigenvalue weighted by Crippen LogP contribution is 2.38. The molecule has 0 aliphatic heterocycles. The summed E-state index contributed by atoms with van der Waals surface area (Å²) in [6, 6.07) is 77.9. The van der Waals surface area contributed by atoms with Crippen LogP contribution in [-0.2, 0) is 43.3 Å². The van der Waals surface area contributed by atoms with Crippen molar-refractivity contribution in [1.29, 1.82) is 0 Å². The Morgan fingerprint density at radius 1 is 0.264 bits per heavy atom. The Bertz CT molecular complexity index is 5980. The maximum Gasteiger partial charge on any atom is 0.134 e. The molecule has 0 fully saturated rings. The Hall–Kier alpha value is -9.44. The fraction of sp³-hybridized carbons (Fsp3) is 0.312. The Morgan fingerprint density at radius 3 is 1.26 bits per heavy atom. The molecule has 0 unspecified atom stereocenters. The van der Waals surface area contributed by atoms with Crippen molar-refractivity contribution in [1.82, 2.24) is 24.9 Å². The average molecular weight is 1720 g/mol. The van der Waals surface area contributed by atoms with Gasteiger partial charge in [0.2, 0.25) is 0 Å². The molecular formula is C109H122Cl5F2N5. The van der Waals surface area contributed by atoms with Crippen LogP contribution in [0.2, 0.25) is 25.2 Å². The Morgan fingerprint density at radius 2 is 0.678 bits per heavy atom. The molecule has 0 N–H and O–H groups in total. The summed E-state index contributed by atoms with van der Waals surface area (Å²) >= 11 is 30.8. The van der Waals surface area contributed by atoms with E-state index in [0.717, 1.165) is 91.5 Å². The lowest BCUT2D eigenvalue weighted by Crippen LogP contribution is -2.13. The summed E-state index contributed by atoms with van der Waals surface area (Å²) in [6.45, 7) is 53.8. The molecule has 16 aromatic rings. The van der Waals surface area contributed by atoms with Gasteiger partial charge in [-0.1, -0.05) is 377 Å². The Kier molecular flexibility index (Phi) is 31.9. The predicted octanol–water partition coefficient (Wildman–Crippen LogP) is 34.6. The molecule has 0 aliphatic carbocycles. The third kappa shape index (κ3) is 26.3. The zero-order chi connectivity index (χ0) is 88.4. The highest BCUT2D eigenvalue weighted by molar-refractivity contribution is 6.37. The van der Waals surface area contributed by atoms with Crippen molar-refractivity contribution >= 4 is 145 Å². The van der Waals surface area contributed by atoms with Crippen molar-refractivity contribution in [3.05, 3.63) is 348 Å². The van der Waals surface area contributed by atoms with Gasteiger partial charge in [-0.05, 0) is 207 Å². The summed E-state index contributed by atoms with van der Waals surface area (Å²) in [5.41, 5.74) is 16.0. The molecule has 5 aromatic heterocycles. The van der Waals surface area contributed by atoms with Crippen LogP contribution in [0.3, 0.4) is 0 Å².